The number of Topliss-reactive ketones (excluding diaryl/α,β-unsaturated/α-hetero) is 1. The van der Waals surface area contributed by atoms with Crippen LogP contribution in [0.15, 0.2) is 30.3 Å². The minimum absolute atomic E-state index is 0.209. The molecule has 0 saturated heterocycles. The van der Waals surface area contributed by atoms with E-state index < -0.39 is 0 Å². The highest BCUT2D eigenvalue weighted by Gasteiger charge is 1.98. The molecule has 0 saturated carbocycles. The smallest absolute Gasteiger partial charge is 0.302 e. The van der Waals surface area contributed by atoms with Gasteiger partial charge in [0.15, 0.2) is 5.78 Å². The first-order chi connectivity index (χ1) is 7.61. The van der Waals surface area contributed by atoms with Gasteiger partial charge in [-0.15, -0.1) is 0 Å². The number of benzene rings is 1. The van der Waals surface area contributed by atoms with Crippen LogP contribution in [0, 0.1) is 0 Å². The minimum atomic E-state index is -0.211. The lowest BCUT2D eigenvalue weighted by Crippen LogP contribution is -1.95. The molecule has 0 aliphatic carbocycles. The summed E-state index contributed by atoms with van der Waals surface area (Å²) in [4.78, 5) is 20.8. The van der Waals surface area contributed by atoms with Crippen molar-refractivity contribution in [2.24, 2.45) is 0 Å². The molecule has 0 spiro atoms. The number of hydrogen-bond donors (Lipinski definition) is 0. The Labute approximate surface area is 96.4 Å². The molecule has 0 aliphatic heterocycles. The maximum Gasteiger partial charge on any atom is 0.302 e. The van der Waals surface area contributed by atoms with Crippen LogP contribution < -0.4 is 0 Å². The Kier molecular flexibility index (Phi) is 7.76. The number of ether oxygens (including phenoxy) is 1. The van der Waals surface area contributed by atoms with Crippen molar-refractivity contribution in [3.05, 3.63) is 35.9 Å². The molecule has 3 nitrogen and oxygen atoms in total. The lowest BCUT2D eigenvalue weighted by molar-refractivity contribution is -0.140. The van der Waals surface area contributed by atoms with E-state index in [9.17, 15) is 9.59 Å². The first-order valence-corrected chi connectivity index (χ1v) is 5.33. The highest BCUT2D eigenvalue weighted by molar-refractivity contribution is 5.95. The molecule has 0 aliphatic rings. The molecule has 16 heavy (non-hydrogen) atoms. The van der Waals surface area contributed by atoms with Crippen molar-refractivity contribution in [2.75, 3.05) is 6.61 Å². The number of hydrogen-bond acceptors (Lipinski definition) is 3. The average Bonchev–Trinajstić information content (AvgIpc) is 2.30. The van der Waals surface area contributed by atoms with Gasteiger partial charge in [-0.2, -0.15) is 0 Å². The lowest BCUT2D eigenvalue weighted by Gasteiger charge is -1.93. The van der Waals surface area contributed by atoms with E-state index in [0.29, 0.717) is 13.0 Å². The van der Waals surface area contributed by atoms with Crippen LogP contribution in [-0.4, -0.2) is 18.4 Å². The zero-order valence-corrected chi connectivity index (χ0v) is 10.0. The van der Waals surface area contributed by atoms with Crippen LogP contribution in [0.1, 0.15) is 37.6 Å². The summed E-state index contributed by atoms with van der Waals surface area (Å²) in [5.74, 6) is -0.00176. The second-order valence-corrected chi connectivity index (χ2v) is 3.07. The Morgan fingerprint density at radius 2 is 1.69 bits per heavy atom. The van der Waals surface area contributed by atoms with Crippen LogP contribution in [0.25, 0.3) is 0 Å². The van der Waals surface area contributed by atoms with E-state index in [4.69, 9.17) is 0 Å². The first kappa shape index (κ1) is 14.4. The summed E-state index contributed by atoms with van der Waals surface area (Å²) in [6.07, 6.45) is 0.587. The van der Waals surface area contributed by atoms with Crippen molar-refractivity contribution >= 4 is 11.8 Å². The van der Waals surface area contributed by atoms with Crippen LogP contribution in [0.4, 0.5) is 0 Å². The zero-order chi connectivity index (χ0) is 12.4. The van der Waals surface area contributed by atoms with Gasteiger partial charge in [0, 0.05) is 18.9 Å². The van der Waals surface area contributed by atoms with Gasteiger partial charge in [0.25, 0.3) is 0 Å². The normalized spacial score (nSPS) is 8.69. The summed E-state index contributed by atoms with van der Waals surface area (Å²) in [7, 11) is 0. The van der Waals surface area contributed by atoms with E-state index in [0.717, 1.165) is 5.56 Å². The van der Waals surface area contributed by atoms with Gasteiger partial charge in [0.1, 0.15) is 0 Å². The predicted octanol–water partition coefficient (Wildman–Crippen LogP) is 2.85. The molecule has 0 fully saturated rings. The maximum atomic E-state index is 11.0. The predicted molar refractivity (Wildman–Crippen MR) is 63.4 cm³/mol. The Bertz CT molecular complexity index is 317. The van der Waals surface area contributed by atoms with Crippen molar-refractivity contribution in [1.82, 2.24) is 0 Å². The fraction of sp³-hybridized carbons (Fsp3) is 0.385. The summed E-state index contributed by atoms with van der Waals surface area (Å²) in [6.45, 7) is 5.52. The van der Waals surface area contributed by atoms with Gasteiger partial charge in [-0.3, -0.25) is 9.59 Å². The zero-order valence-electron chi connectivity index (χ0n) is 10.0. The van der Waals surface area contributed by atoms with Crippen molar-refractivity contribution < 1.29 is 14.3 Å². The molecule has 0 N–H and O–H groups in total. The Morgan fingerprint density at radius 1 is 1.12 bits per heavy atom. The largest absolute Gasteiger partial charge is 0.466 e. The van der Waals surface area contributed by atoms with Crippen LogP contribution in [-0.2, 0) is 9.53 Å². The number of ketones is 1. The van der Waals surface area contributed by atoms with Crippen LogP contribution in [0.3, 0.4) is 0 Å². The van der Waals surface area contributed by atoms with Gasteiger partial charge >= 0.3 is 5.97 Å². The Hall–Kier alpha value is -1.64. The summed E-state index contributed by atoms with van der Waals surface area (Å²) >= 11 is 0. The third-order valence-corrected chi connectivity index (χ3v) is 1.76. The topological polar surface area (TPSA) is 43.4 Å². The van der Waals surface area contributed by atoms with Gasteiger partial charge in [0.2, 0.25) is 0 Å². The summed E-state index contributed by atoms with van der Waals surface area (Å²) in [5.41, 5.74) is 0.810. The Balaban J connectivity index is 0.000000325. The minimum Gasteiger partial charge on any atom is -0.466 e. The van der Waals surface area contributed by atoms with Crippen molar-refractivity contribution in [3.8, 4) is 0 Å². The highest BCUT2D eigenvalue weighted by atomic mass is 16.5. The van der Waals surface area contributed by atoms with Gasteiger partial charge in [0.05, 0.1) is 6.61 Å². The fourth-order valence-electron chi connectivity index (χ4n) is 1.03. The molecular weight excluding hydrogens is 204 g/mol. The molecule has 0 radical (unpaired) electrons. The van der Waals surface area contributed by atoms with Crippen molar-refractivity contribution in [1.29, 1.82) is 0 Å². The SMILES string of the molecule is CCC(=O)c1ccccc1.CCOC(C)=O. The molecule has 0 heterocycles. The molecule has 1 rings (SSSR count). The maximum absolute atomic E-state index is 11.0. The standard InChI is InChI=1S/C9H10O.C4H8O2/c1-2-9(10)8-6-4-3-5-7-8;1-3-6-4(2)5/h3-7H,2H2,1H3;3H2,1-2H3. The molecule has 0 bridgehead atoms. The van der Waals surface area contributed by atoms with E-state index in [1.807, 2.05) is 37.3 Å². The quantitative estimate of drug-likeness (QED) is 0.583. The van der Waals surface area contributed by atoms with E-state index in [1.165, 1.54) is 6.92 Å². The van der Waals surface area contributed by atoms with Gasteiger partial charge in [-0.1, -0.05) is 37.3 Å². The third kappa shape index (κ3) is 6.76. The van der Waals surface area contributed by atoms with Gasteiger partial charge < -0.3 is 4.74 Å². The lowest BCUT2D eigenvalue weighted by atomic mass is 10.1. The number of esters is 1. The van der Waals surface area contributed by atoms with Crippen LogP contribution in [0.5, 0.6) is 0 Å². The molecule has 0 aromatic heterocycles. The molecule has 0 unspecified atom stereocenters. The molecule has 1 aromatic carbocycles. The molecule has 0 amide bonds. The number of carbonyl (C=O) groups is 2. The molecule has 1 aromatic rings. The second kappa shape index (κ2) is 8.65. The third-order valence-electron chi connectivity index (χ3n) is 1.76. The van der Waals surface area contributed by atoms with E-state index in [-0.39, 0.29) is 11.8 Å². The summed E-state index contributed by atoms with van der Waals surface area (Å²) in [5, 5.41) is 0. The first-order valence-electron chi connectivity index (χ1n) is 5.33. The Morgan fingerprint density at radius 3 is 2.00 bits per heavy atom. The molecular formula is C13H18O3. The second-order valence-electron chi connectivity index (χ2n) is 3.07. The van der Waals surface area contributed by atoms with Crippen molar-refractivity contribution in [2.45, 2.75) is 27.2 Å². The molecule has 88 valence electrons. The van der Waals surface area contributed by atoms with Crippen molar-refractivity contribution in [3.63, 3.8) is 0 Å². The van der Waals surface area contributed by atoms with E-state index in [2.05, 4.69) is 4.74 Å². The fourth-order valence-corrected chi connectivity index (χ4v) is 1.03. The summed E-state index contributed by atoms with van der Waals surface area (Å²) in [6, 6.07) is 9.34. The van der Waals surface area contributed by atoms with Crippen LogP contribution >= 0.6 is 0 Å². The van der Waals surface area contributed by atoms with Gasteiger partial charge in [-0.05, 0) is 6.92 Å². The highest BCUT2D eigenvalue weighted by Crippen LogP contribution is 2.01. The van der Waals surface area contributed by atoms with Gasteiger partial charge in [-0.25, -0.2) is 0 Å². The molecule has 3 heteroatoms. The molecule has 0 atom stereocenters. The van der Waals surface area contributed by atoms with E-state index in [1.54, 1.807) is 6.92 Å². The average molecular weight is 222 g/mol. The monoisotopic (exact) mass is 222 g/mol. The number of carbonyl (C=O) groups excluding carboxylic acids is 2. The summed E-state index contributed by atoms with van der Waals surface area (Å²) < 4.78 is 4.40. The van der Waals surface area contributed by atoms with Crippen LogP contribution in [0.2, 0.25) is 0 Å². The van der Waals surface area contributed by atoms with E-state index >= 15 is 0 Å². The number of rotatable bonds is 3.